The minimum atomic E-state index is -0.167. The van der Waals surface area contributed by atoms with Crippen LogP contribution in [-0.2, 0) is 5.54 Å². The Bertz CT molecular complexity index is 4300. The second-order valence-electron chi connectivity index (χ2n) is 23.8. The van der Waals surface area contributed by atoms with Gasteiger partial charge in [-0.2, -0.15) is 0 Å². The summed E-state index contributed by atoms with van der Waals surface area (Å²) in [5.41, 5.74) is 14.0. The van der Waals surface area contributed by atoms with Crippen LogP contribution in [0.3, 0.4) is 0 Å². The fourth-order valence-corrected chi connectivity index (χ4v) is 13.8. The normalized spacial score (nSPS) is 26.2. The van der Waals surface area contributed by atoms with Crippen LogP contribution in [0.25, 0.3) is 56.5 Å². The van der Waals surface area contributed by atoms with Crippen molar-refractivity contribution in [2.75, 3.05) is 10.2 Å². The van der Waals surface area contributed by atoms with Crippen molar-refractivity contribution in [3.63, 3.8) is 0 Å². The summed E-state index contributed by atoms with van der Waals surface area (Å²) in [6, 6.07) is 56.5. The lowest BCUT2D eigenvalue weighted by Gasteiger charge is -2.33. The molecule has 0 saturated heterocycles. The number of hydrogen-bond acceptors (Lipinski definition) is 3. The molecule has 0 radical (unpaired) electrons. The number of nitrogens with one attached hydrogen (secondary N) is 1. The summed E-state index contributed by atoms with van der Waals surface area (Å²) >= 11 is 0. The van der Waals surface area contributed by atoms with Crippen LogP contribution in [0.2, 0.25) is 0 Å². The van der Waals surface area contributed by atoms with Gasteiger partial charge in [0.05, 0.1) is 28.5 Å². The van der Waals surface area contributed by atoms with Crippen LogP contribution in [0.1, 0.15) is 52.0 Å². The highest BCUT2D eigenvalue weighted by atomic mass is 15.2. The number of benzene rings is 7. The van der Waals surface area contributed by atoms with Crippen molar-refractivity contribution in [1.82, 2.24) is 9.47 Å². The number of hydrogen-bond donors (Lipinski definition) is 1. The molecule has 1 aromatic heterocycles. The van der Waals surface area contributed by atoms with Gasteiger partial charge in [0.15, 0.2) is 0 Å². The van der Waals surface area contributed by atoms with Crippen molar-refractivity contribution in [1.29, 1.82) is 0 Å². The molecule has 0 amide bonds. The van der Waals surface area contributed by atoms with Crippen molar-refractivity contribution in [2.45, 2.75) is 65.0 Å². The first-order valence-electron chi connectivity index (χ1n) is 28.6. The summed E-state index contributed by atoms with van der Waals surface area (Å²) in [6.07, 6.45) is 38.3. The minimum Gasteiger partial charge on any atom is -0.378 e. The maximum atomic E-state index is 3.66. The van der Waals surface area contributed by atoms with E-state index < -0.39 is 0 Å². The van der Waals surface area contributed by atoms with Gasteiger partial charge in [-0.1, -0.05) is 189 Å². The molecular weight excluding hydrogens is 945 g/mol. The molecule has 4 heteroatoms. The molecule has 3 saturated carbocycles. The van der Waals surface area contributed by atoms with E-state index in [0.29, 0.717) is 41.0 Å². The molecular formula is C74H66N4. The van der Waals surface area contributed by atoms with Crippen molar-refractivity contribution in [3.05, 3.63) is 262 Å². The Hall–Kier alpha value is -8.34. The third kappa shape index (κ3) is 8.02. The maximum Gasteiger partial charge on any atom is 0.0727 e. The van der Waals surface area contributed by atoms with Crippen molar-refractivity contribution in [2.24, 2.45) is 35.0 Å². The molecule has 8 aliphatic rings. The first kappa shape index (κ1) is 46.9. The zero-order chi connectivity index (χ0) is 52.3. The first-order chi connectivity index (χ1) is 38.2. The summed E-state index contributed by atoms with van der Waals surface area (Å²) in [5.74, 6) is 2.91. The van der Waals surface area contributed by atoms with Gasteiger partial charge in [0.2, 0.25) is 0 Å². The largest absolute Gasteiger partial charge is 0.378 e. The summed E-state index contributed by atoms with van der Waals surface area (Å²) in [5, 5.41) is 14.2. The Morgan fingerprint density at radius 3 is 2.26 bits per heavy atom. The number of allylic oxidation sites excluding steroid dienone is 9. The fraction of sp³-hybridized carbons (Fsp3) is 0.216. The van der Waals surface area contributed by atoms with Crippen molar-refractivity contribution < 1.29 is 0 Å². The van der Waals surface area contributed by atoms with Gasteiger partial charge in [-0.05, 0) is 157 Å². The zero-order valence-corrected chi connectivity index (χ0v) is 45.2. The second kappa shape index (κ2) is 18.1. The van der Waals surface area contributed by atoms with Crippen LogP contribution >= 0.6 is 0 Å². The van der Waals surface area contributed by atoms with Crippen molar-refractivity contribution >= 4 is 79.3 Å². The smallest absolute Gasteiger partial charge is 0.0727 e. The molecule has 16 rings (SSSR count). The fourth-order valence-electron chi connectivity index (χ4n) is 13.8. The SMILES string of the molecule is CC1=CC(C)C(Nc2cccc3ccccc23)C=C1.Cc1ccc(N(c2ccc3c(c2)c2ccccc2n3C23C=C(N(C4=CC5CC5(C)C=C4)C4=c5ccccc5=CCC=C4)C=CC2C3)c2cccc3c2=CC2CC2C=3)cc1. The predicted molar refractivity (Wildman–Crippen MR) is 328 cm³/mol. The van der Waals surface area contributed by atoms with E-state index in [9.17, 15) is 0 Å². The Morgan fingerprint density at radius 1 is 0.603 bits per heavy atom. The summed E-state index contributed by atoms with van der Waals surface area (Å²) < 4.78 is 2.70. The highest BCUT2D eigenvalue weighted by Crippen LogP contribution is 2.60. The number of rotatable bonds is 9. The van der Waals surface area contributed by atoms with E-state index in [1.807, 2.05) is 0 Å². The van der Waals surface area contributed by atoms with Gasteiger partial charge < -0.3 is 19.7 Å². The van der Waals surface area contributed by atoms with Gasteiger partial charge in [0.25, 0.3) is 0 Å². The van der Waals surface area contributed by atoms with Crippen LogP contribution in [0.4, 0.5) is 22.7 Å². The third-order valence-corrected chi connectivity index (χ3v) is 18.4. The average Bonchev–Trinajstić information content (AvgIpc) is 4.09. The molecule has 3 fully saturated rings. The summed E-state index contributed by atoms with van der Waals surface area (Å²) in [6.45, 7) is 8.99. The van der Waals surface area contributed by atoms with E-state index in [4.69, 9.17) is 0 Å². The van der Waals surface area contributed by atoms with E-state index in [1.54, 1.807) is 0 Å². The van der Waals surface area contributed by atoms with Gasteiger partial charge >= 0.3 is 0 Å². The van der Waals surface area contributed by atoms with Crippen LogP contribution in [0.15, 0.2) is 235 Å². The van der Waals surface area contributed by atoms with Crippen LogP contribution in [0.5, 0.6) is 0 Å². The number of aryl methyl sites for hydroxylation is 1. The molecule has 78 heavy (non-hydrogen) atoms. The van der Waals surface area contributed by atoms with Crippen LogP contribution in [0, 0.1) is 41.9 Å². The zero-order valence-electron chi connectivity index (χ0n) is 45.2. The highest BCUT2D eigenvalue weighted by Gasteiger charge is 2.56. The lowest BCUT2D eigenvalue weighted by Crippen LogP contribution is -2.34. The summed E-state index contributed by atoms with van der Waals surface area (Å²) in [7, 11) is 0. The molecule has 1 heterocycles. The topological polar surface area (TPSA) is 23.4 Å². The molecule has 8 atom stereocenters. The Labute approximate surface area is 458 Å². The number of nitrogens with zero attached hydrogens (tertiary/aromatic N) is 3. The van der Waals surface area contributed by atoms with Gasteiger partial charge in [-0.15, -0.1) is 0 Å². The van der Waals surface area contributed by atoms with E-state index in [-0.39, 0.29) is 5.54 Å². The second-order valence-corrected chi connectivity index (χ2v) is 23.8. The number of anilines is 4. The quantitative estimate of drug-likeness (QED) is 0.156. The van der Waals surface area contributed by atoms with Gasteiger partial charge in [0, 0.05) is 66.5 Å². The van der Waals surface area contributed by atoms with E-state index >= 15 is 0 Å². The molecule has 4 nitrogen and oxygen atoms in total. The molecule has 7 aromatic carbocycles. The van der Waals surface area contributed by atoms with Gasteiger partial charge in [0.1, 0.15) is 0 Å². The number of fused-ring (bicyclic) bond motifs is 9. The lowest BCUT2D eigenvalue weighted by molar-refractivity contribution is 0.550. The molecule has 1 N–H and O–H groups in total. The van der Waals surface area contributed by atoms with E-state index in [0.717, 1.165) is 12.8 Å². The minimum absolute atomic E-state index is 0.167. The first-order valence-corrected chi connectivity index (χ1v) is 28.6. The van der Waals surface area contributed by atoms with E-state index in [2.05, 4.69) is 284 Å². The number of aromatic nitrogens is 1. The number of para-hydroxylation sites is 1. The Balaban J connectivity index is 0.000000235. The molecule has 8 aliphatic carbocycles. The van der Waals surface area contributed by atoms with E-state index in [1.165, 1.54) is 117 Å². The summed E-state index contributed by atoms with van der Waals surface area (Å²) in [4.78, 5) is 5.07. The third-order valence-electron chi connectivity index (χ3n) is 18.4. The maximum absolute atomic E-state index is 3.66. The molecule has 8 unspecified atom stereocenters. The standard InChI is InChI=1S/C56H47N3.C18H19N/c1-36-18-21-43(22-19-36)57(52-17-9-12-38-28-39-29-40(39)30-49(38)52)44-24-25-54-50(32-44)48-14-6-8-16-53(48)59(54)56-34-41(56)20-23-46(35-56)58(45-26-27-55(2)33-42(55)31-45)51-15-7-4-11-37-10-3-5-13-47(37)51;1-13-10-11-17(14(2)12-13)19-18-9-5-7-15-6-3-4-8-16(15)18/h3,5-28,30-32,35,39-42H,4,29,33-34H2,1-2H3;3-12,14,17,19H,1-2H3. The monoisotopic (exact) mass is 1010 g/mol. The molecule has 382 valence electrons. The Kier molecular flexibility index (Phi) is 10.9. The molecule has 0 spiro atoms. The Morgan fingerprint density at radius 2 is 1.37 bits per heavy atom. The molecule has 0 aliphatic heterocycles. The average molecular weight is 1010 g/mol. The molecule has 0 bridgehead atoms. The van der Waals surface area contributed by atoms with Crippen LogP contribution < -0.4 is 31.1 Å². The highest BCUT2D eigenvalue weighted by molar-refractivity contribution is 6.10. The van der Waals surface area contributed by atoms with Crippen LogP contribution in [-0.4, -0.2) is 15.5 Å². The van der Waals surface area contributed by atoms with Gasteiger partial charge in [-0.25, -0.2) is 0 Å². The predicted octanol–water partition coefficient (Wildman–Crippen LogP) is 15.1. The lowest BCUT2D eigenvalue weighted by atomic mass is 9.93. The molecule has 8 aromatic rings. The van der Waals surface area contributed by atoms with Gasteiger partial charge in [-0.3, -0.25) is 0 Å². The van der Waals surface area contributed by atoms with Crippen molar-refractivity contribution in [3.8, 4) is 0 Å².